The normalized spacial score (nSPS) is 36.1. The van der Waals surface area contributed by atoms with Crippen LogP contribution in [0.2, 0.25) is 0 Å². The molecule has 2 aliphatic carbocycles. The van der Waals surface area contributed by atoms with Crippen LogP contribution in [0.4, 0.5) is 0 Å². The minimum Gasteiger partial charge on any atom is -0.465 e. The maximum absolute atomic E-state index is 11.0. The number of esters is 2. The van der Waals surface area contributed by atoms with Crippen molar-refractivity contribution in [2.24, 2.45) is 17.8 Å². The molecular formula is C12H18O4. The van der Waals surface area contributed by atoms with Crippen molar-refractivity contribution in [1.29, 1.82) is 0 Å². The maximum Gasteiger partial charge on any atom is 0.302 e. The fourth-order valence-electron chi connectivity index (χ4n) is 3.18. The van der Waals surface area contributed by atoms with Crippen LogP contribution in [0.25, 0.3) is 0 Å². The lowest BCUT2D eigenvalue weighted by atomic mass is 9.87. The van der Waals surface area contributed by atoms with Crippen molar-refractivity contribution in [2.75, 3.05) is 6.61 Å². The Kier molecular flexibility index (Phi) is 3.17. The molecule has 0 aromatic rings. The topological polar surface area (TPSA) is 52.6 Å². The van der Waals surface area contributed by atoms with Crippen LogP contribution in [0.15, 0.2) is 0 Å². The number of rotatable bonds is 3. The van der Waals surface area contributed by atoms with E-state index in [0.717, 1.165) is 12.8 Å². The van der Waals surface area contributed by atoms with Gasteiger partial charge in [-0.15, -0.1) is 0 Å². The summed E-state index contributed by atoms with van der Waals surface area (Å²) in [6.45, 7) is 3.25. The first-order valence-electron chi connectivity index (χ1n) is 5.88. The molecule has 4 atom stereocenters. The van der Waals surface area contributed by atoms with Crippen LogP contribution in [0.1, 0.15) is 33.1 Å². The van der Waals surface area contributed by atoms with E-state index in [1.807, 2.05) is 0 Å². The molecule has 0 spiro atoms. The van der Waals surface area contributed by atoms with E-state index in [0.29, 0.717) is 18.4 Å². The third-order valence-corrected chi connectivity index (χ3v) is 3.79. The first-order chi connectivity index (χ1) is 7.58. The van der Waals surface area contributed by atoms with Crippen molar-refractivity contribution >= 4 is 11.9 Å². The Morgan fingerprint density at radius 1 is 1.12 bits per heavy atom. The summed E-state index contributed by atoms with van der Waals surface area (Å²) in [5, 5.41) is 0. The Morgan fingerprint density at radius 3 is 2.44 bits per heavy atom. The lowest BCUT2D eigenvalue weighted by Crippen LogP contribution is -2.35. The molecular weight excluding hydrogens is 208 g/mol. The third-order valence-electron chi connectivity index (χ3n) is 3.79. The van der Waals surface area contributed by atoms with Gasteiger partial charge in [0.1, 0.15) is 6.10 Å². The predicted molar refractivity (Wildman–Crippen MR) is 56.5 cm³/mol. The SMILES string of the molecule is CC(=O)OC[C@@H]1[C@@H]2CC[C@@H](C2)[C@@H]1OC(C)=O. The Hall–Kier alpha value is -1.06. The second-order valence-corrected chi connectivity index (χ2v) is 4.87. The molecule has 0 amide bonds. The van der Waals surface area contributed by atoms with E-state index >= 15 is 0 Å². The molecule has 0 aliphatic heterocycles. The summed E-state index contributed by atoms with van der Waals surface area (Å²) in [5.41, 5.74) is 0. The lowest BCUT2D eigenvalue weighted by molar-refractivity contribution is -0.155. The Labute approximate surface area is 95.3 Å². The second-order valence-electron chi connectivity index (χ2n) is 4.87. The smallest absolute Gasteiger partial charge is 0.302 e. The van der Waals surface area contributed by atoms with E-state index in [1.54, 1.807) is 0 Å². The second kappa shape index (κ2) is 4.44. The van der Waals surface area contributed by atoms with Gasteiger partial charge in [0.15, 0.2) is 0 Å². The van der Waals surface area contributed by atoms with Gasteiger partial charge < -0.3 is 9.47 Å². The predicted octanol–water partition coefficient (Wildman–Crippen LogP) is 1.53. The van der Waals surface area contributed by atoms with Crippen molar-refractivity contribution < 1.29 is 19.1 Å². The molecule has 2 aliphatic rings. The first kappa shape index (κ1) is 11.4. The summed E-state index contributed by atoms with van der Waals surface area (Å²) >= 11 is 0. The quantitative estimate of drug-likeness (QED) is 0.685. The van der Waals surface area contributed by atoms with Gasteiger partial charge in [0.05, 0.1) is 6.61 Å². The van der Waals surface area contributed by atoms with Gasteiger partial charge in [-0.05, 0) is 31.1 Å². The minimum absolute atomic E-state index is 0.0319. The molecule has 4 nitrogen and oxygen atoms in total. The molecule has 4 heteroatoms. The highest BCUT2D eigenvalue weighted by Crippen LogP contribution is 2.49. The third kappa shape index (κ3) is 2.20. The van der Waals surface area contributed by atoms with Gasteiger partial charge in [0, 0.05) is 19.8 Å². The lowest BCUT2D eigenvalue weighted by Gasteiger charge is -2.29. The molecule has 0 N–H and O–H groups in total. The number of ether oxygens (including phenoxy) is 2. The zero-order chi connectivity index (χ0) is 11.7. The van der Waals surface area contributed by atoms with Crippen LogP contribution in [-0.2, 0) is 19.1 Å². The van der Waals surface area contributed by atoms with E-state index in [1.165, 1.54) is 20.3 Å². The van der Waals surface area contributed by atoms with Gasteiger partial charge in [0.25, 0.3) is 0 Å². The van der Waals surface area contributed by atoms with Crippen LogP contribution >= 0.6 is 0 Å². The summed E-state index contributed by atoms with van der Waals surface area (Å²) < 4.78 is 10.4. The van der Waals surface area contributed by atoms with Crippen molar-refractivity contribution in [3.05, 3.63) is 0 Å². The van der Waals surface area contributed by atoms with Gasteiger partial charge in [-0.25, -0.2) is 0 Å². The largest absolute Gasteiger partial charge is 0.465 e. The zero-order valence-corrected chi connectivity index (χ0v) is 9.77. The van der Waals surface area contributed by atoms with Crippen molar-refractivity contribution in [1.82, 2.24) is 0 Å². The van der Waals surface area contributed by atoms with Gasteiger partial charge in [-0.2, -0.15) is 0 Å². The number of carbonyl (C=O) groups excluding carboxylic acids is 2. The van der Waals surface area contributed by atoms with E-state index in [4.69, 9.17) is 9.47 Å². The monoisotopic (exact) mass is 226 g/mol. The van der Waals surface area contributed by atoms with Crippen LogP contribution in [-0.4, -0.2) is 24.6 Å². The average Bonchev–Trinajstić information content (AvgIpc) is 2.74. The number of hydrogen-bond donors (Lipinski definition) is 0. The fourth-order valence-corrected chi connectivity index (χ4v) is 3.18. The van der Waals surface area contributed by atoms with E-state index < -0.39 is 0 Å². The van der Waals surface area contributed by atoms with E-state index in [9.17, 15) is 9.59 Å². The molecule has 2 saturated carbocycles. The fraction of sp³-hybridized carbons (Fsp3) is 0.833. The van der Waals surface area contributed by atoms with Crippen LogP contribution < -0.4 is 0 Å². The Balaban J connectivity index is 1.97. The molecule has 0 saturated heterocycles. The highest BCUT2D eigenvalue weighted by Gasteiger charge is 2.49. The number of fused-ring (bicyclic) bond motifs is 2. The Bertz CT molecular complexity index is 299. The summed E-state index contributed by atoms with van der Waals surface area (Å²) in [7, 11) is 0. The molecule has 2 bridgehead atoms. The molecule has 90 valence electrons. The standard InChI is InChI=1S/C12H18O4/c1-7(13)15-6-11-9-3-4-10(5-9)12(11)16-8(2)14/h9-12H,3-6H2,1-2H3/t9-,10+,11-,12+/m1/s1. The summed E-state index contributed by atoms with van der Waals surface area (Å²) in [6.07, 6.45) is 3.40. The molecule has 2 rings (SSSR count). The van der Waals surface area contributed by atoms with Crippen LogP contribution in [0.5, 0.6) is 0 Å². The van der Waals surface area contributed by atoms with Crippen molar-refractivity contribution in [3.63, 3.8) is 0 Å². The highest BCUT2D eigenvalue weighted by molar-refractivity contribution is 5.66. The first-order valence-corrected chi connectivity index (χ1v) is 5.88. The summed E-state index contributed by atoms with van der Waals surface area (Å²) in [5.74, 6) is 0.768. The van der Waals surface area contributed by atoms with Gasteiger partial charge >= 0.3 is 11.9 Å². The number of carbonyl (C=O) groups is 2. The molecule has 2 fully saturated rings. The van der Waals surface area contributed by atoms with Gasteiger partial charge in [-0.3, -0.25) is 9.59 Å². The molecule has 16 heavy (non-hydrogen) atoms. The number of hydrogen-bond acceptors (Lipinski definition) is 4. The average molecular weight is 226 g/mol. The highest BCUT2D eigenvalue weighted by atomic mass is 16.6. The Morgan fingerprint density at radius 2 is 1.81 bits per heavy atom. The maximum atomic E-state index is 11.0. The molecule has 0 aromatic heterocycles. The zero-order valence-electron chi connectivity index (χ0n) is 9.77. The summed E-state index contributed by atoms with van der Waals surface area (Å²) in [6, 6.07) is 0. The van der Waals surface area contributed by atoms with Crippen LogP contribution in [0.3, 0.4) is 0 Å². The van der Waals surface area contributed by atoms with Gasteiger partial charge in [0.2, 0.25) is 0 Å². The molecule has 0 heterocycles. The molecule has 0 aromatic carbocycles. The van der Waals surface area contributed by atoms with Gasteiger partial charge in [-0.1, -0.05) is 0 Å². The molecule has 0 unspecified atom stereocenters. The van der Waals surface area contributed by atoms with E-state index in [2.05, 4.69) is 0 Å². The van der Waals surface area contributed by atoms with E-state index in [-0.39, 0.29) is 24.0 Å². The van der Waals surface area contributed by atoms with Crippen LogP contribution in [0, 0.1) is 17.8 Å². The van der Waals surface area contributed by atoms with Crippen molar-refractivity contribution in [2.45, 2.75) is 39.2 Å². The van der Waals surface area contributed by atoms with Crippen molar-refractivity contribution in [3.8, 4) is 0 Å². The molecule has 0 radical (unpaired) electrons. The minimum atomic E-state index is -0.260. The summed E-state index contributed by atoms with van der Waals surface area (Å²) in [4.78, 5) is 21.8.